The first kappa shape index (κ1) is 17.2. The lowest BCUT2D eigenvalue weighted by Gasteiger charge is -2.40. The van der Waals surface area contributed by atoms with Crippen LogP contribution in [-0.4, -0.2) is 27.3 Å². The van der Waals surface area contributed by atoms with Crippen molar-refractivity contribution in [2.75, 3.05) is 7.11 Å². The predicted molar refractivity (Wildman–Crippen MR) is 98.8 cm³/mol. The molecule has 0 saturated heterocycles. The van der Waals surface area contributed by atoms with Gasteiger partial charge in [0.1, 0.15) is 0 Å². The molecule has 1 aliphatic carbocycles. The van der Waals surface area contributed by atoms with Gasteiger partial charge < -0.3 is 9.47 Å². The highest BCUT2D eigenvalue weighted by Gasteiger charge is 2.55. The molecule has 3 atom stereocenters. The minimum Gasteiger partial charge on any atom is -0.469 e. The first-order chi connectivity index (χ1) is 12.5. The molecule has 0 aromatic heterocycles. The van der Waals surface area contributed by atoms with E-state index < -0.39 is 20.8 Å². The zero-order valence-electron chi connectivity index (χ0n) is 14.8. The Balaban J connectivity index is 1.84. The van der Waals surface area contributed by atoms with Gasteiger partial charge >= 0.3 is 0 Å². The molecule has 0 radical (unpaired) electrons. The van der Waals surface area contributed by atoms with E-state index >= 15 is 0 Å². The zero-order chi connectivity index (χ0) is 18.4. The zero-order valence-corrected chi connectivity index (χ0v) is 15.6. The summed E-state index contributed by atoms with van der Waals surface area (Å²) >= 11 is 0. The van der Waals surface area contributed by atoms with Gasteiger partial charge in [0.2, 0.25) is 15.2 Å². The minimum absolute atomic E-state index is 0.0660. The van der Waals surface area contributed by atoms with E-state index in [1.807, 2.05) is 31.2 Å². The minimum atomic E-state index is -3.69. The smallest absolute Gasteiger partial charge is 0.205 e. The van der Waals surface area contributed by atoms with Crippen molar-refractivity contribution in [1.82, 2.24) is 0 Å². The van der Waals surface area contributed by atoms with Crippen LogP contribution < -0.4 is 0 Å². The quantitative estimate of drug-likeness (QED) is 0.828. The van der Waals surface area contributed by atoms with Gasteiger partial charge in [0.05, 0.1) is 11.0 Å². The molecule has 0 amide bonds. The first-order valence-electron chi connectivity index (χ1n) is 8.61. The molecule has 0 fully saturated rings. The predicted octanol–water partition coefficient (Wildman–Crippen LogP) is 3.53. The van der Waals surface area contributed by atoms with Crippen LogP contribution in [0.25, 0.3) is 0 Å². The second kappa shape index (κ2) is 6.21. The number of aliphatic imine (C=N–C) groups is 1. The second-order valence-corrected chi connectivity index (χ2v) is 8.83. The third-order valence-electron chi connectivity index (χ3n) is 5.33. The van der Waals surface area contributed by atoms with Crippen molar-refractivity contribution in [1.29, 1.82) is 0 Å². The topological polar surface area (TPSA) is 65.0 Å². The summed E-state index contributed by atoms with van der Waals surface area (Å²) in [5.41, 5.74) is 1.82. The van der Waals surface area contributed by atoms with Crippen LogP contribution in [0.3, 0.4) is 0 Å². The molecule has 1 heterocycles. The monoisotopic (exact) mass is 371 g/mol. The summed E-state index contributed by atoms with van der Waals surface area (Å²) in [6.45, 7) is 1.93. The van der Waals surface area contributed by atoms with E-state index in [2.05, 4.69) is 4.99 Å². The maximum atomic E-state index is 13.4. The van der Waals surface area contributed by atoms with E-state index in [1.165, 1.54) is 6.40 Å². The van der Waals surface area contributed by atoms with Gasteiger partial charge in [-0.15, -0.1) is 0 Å². The molecular formula is C20H21NO4S. The van der Waals surface area contributed by atoms with Crippen LogP contribution in [-0.2, 0) is 24.9 Å². The molecule has 1 aliphatic heterocycles. The van der Waals surface area contributed by atoms with Crippen LogP contribution in [0, 0.1) is 6.92 Å². The molecule has 2 aromatic rings. The first-order valence-corrected chi connectivity index (χ1v) is 10.2. The van der Waals surface area contributed by atoms with Crippen molar-refractivity contribution in [2.45, 2.75) is 41.7 Å². The van der Waals surface area contributed by atoms with Gasteiger partial charge in [-0.05, 0) is 37.5 Å². The largest absolute Gasteiger partial charge is 0.469 e. The van der Waals surface area contributed by atoms with E-state index in [1.54, 1.807) is 31.4 Å². The summed E-state index contributed by atoms with van der Waals surface area (Å²) in [5.74, 6) is 0. The number of fused-ring (bicyclic) bond motifs is 2. The molecule has 2 aromatic carbocycles. The molecule has 4 rings (SSSR count). The van der Waals surface area contributed by atoms with Crippen molar-refractivity contribution in [3.05, 3.63) is 65.2 Å². The highest BCUT2D eigenvalue weighted by Crippen LogP contribution is 2.50. The van der Waals surface area contributed by atoms with Crippen LogP contribution in [0.2, 0.25) is 0 Å². The fourth-order valence-corrected chi connectivity index (χ4v) is 5.75. The Morgan fingerprint density at radius 1 is 1.15 bits per heavy atom. The van der Waals surface area contributed by atoms with E-state index in [-0.39, 0.29) is 11.0 Å². The van der Waals surface area contributed by atoms with Crippen LogP contribution in [0.15, 0.2) is 58.4 Å². The lowest BCUT2D eigenvalue weighted by molar-refractivity contribution is 0.00977. The van der Waals surface area contributed by atoms with Gasteiger partial charge in [-0.3, -0.25) is 0 Å². The van der Waals surface area contributed by atoms with Crippen LogP contribution in [0.1, 0.15) is 35.6 Å². The standard InChI is InChI=1S/C20H21NO4S/c1-14-7-9-15(10-8-14)26(22,23)19-20(25-13-21-19)12-11-18(24-2)16-5-3-4-6-17(16)20/h3-10,13,18-19H,11-12H2,1-2H3/t18?,19-,20?/m0/s1. The number of sulfone groups is 1. The van der Waals surface area contributed by atoms with Crippen LogP contribution >= 0.6 is 0 Å². The fraction of sp³-hybridized carbons (Fsp3) is 0.350. The Bertz CT molecular complexity index is 952. The Kier molecular flexibility index (Phi) is 4.12. The second-order valence-electron chi connectivity index (χ2n) is 6.82. The van der Waals surface area contributed by atoms with E-state index in [0.29, 0.717) is 12.8 Å². The molecule has 2 aliphatic rings. The third-order valence-corrected chi connectivity index (χ3v) is 7.35. The lowest BCUT2D eigenvalue weighted by Crippen LogP contribution is -2.45. The molecule has 136 valence electrons. The summed E-state index contributed by atoms with van der Waals surface area (Å²) in [6, 6.07) is 14.6. The molecule has 0 N–H and O–H groups in total. The van der Waals surface area contributed by atoms with Gasteiger partial charge in [0, 0.05) is 12.7 Å². The Morgan fingerprint density at radius 3 is 2.62 bits per heavy atom. The van der Waals surface area contributed by atoms with Crippen LogP contribution in [0.5, 0.6) is 0 Å². The molecular weight excluding hydrogens is 350 g/mol. The summed E-state index contributed by atoms with van der Waals surface area (Å²) in [7, 11) is -2.02. The number of aryl methyl sites for hydroxylation is 1. The molecule has 2 unspecified atom stereocenters. The molecule has 0 bridgehead atoms. The Labute approximate surface area is 153 Å². The van der Waals surface area contributed by atoms with Crippen molar-refractivity contribution in [2.24, 2.45) is 4.99 Å². The third kappa shape index (κ3) is 2.47. The highest BCUT2D eigenvalue weighted by molar-refractivity contribution is 7.92. The number of methoxy groups -OCH3 is 1. The van der Waals surface area contributed by atoms with E-state index in [9.17, 15) is 8.42 Å². The number of rotatable bonds is 3. The Morgan fingerprint density at radius 2 is 1.88 bits per heavy atom. The maximum absolute atomic E-state index is 13.4. The van der Waals surface area contributed by atoms with E-state index in [0.717, 1.165) is 16.7 Å². The van der Waals surface area contributed by atoms with Gasteiger partial charge in [0.15, 0.2) is 12.0 Å². The lowest BCUT2D eigenvalue weighted by atomic mass is 9.77. The van der Waals surface area contributed by atoms with E-state index in [4.69, 9.17) is 9.47 Å². The van der Waals surface area contributed by atoms with Crippen molar-refractivity contribution >= 4 is 16.2 Å². The maximum Gasteiger partial charge on any atom is 0.205 e. The average molecular weight is 371 g/mol. The van der Waals surface area contributed by atoms with Crippen molar-refractivity contribution < 1.29 is 17.9 Å². The normalized spacial score (nSPS) is 27.3. The number of hydrogen-bond acceptors (Lipinski definition) is 5. The van der Waals surface area contributed by atoms with Gasteiger partial charge in [-0.2, -0.15) is 0 Å². The van der Waals surface area contributed by atoms with Gasteiger partial charge in [-0.1, -0.05) is 42.0 Å². The van der Waals surface area contributed by atoms with Crippen LogP contribution in [0.4, 0.5) is 0 Å². The highest BCUT2D eigenvalue weighted by atomic mass is 32.2. The number of ether oxygens (including phenoxy) is 2. The molecule has 0 saturated carbocycles. The average Bonchev–Trinajstić information content (AvgIpc) is 3.08. The number of hydrogen-bond donors (Lipinski definition) is 0. The Hall–Kier alpha value is -2.18. The summed E-state index contributed by atoms with van der Waals surface area (Å²) in [4.78, 5) is 4.52. The molecule has 5 nitrogen and oxygen atoms in total. The number of benzene rings is 2. The SMILES string of the molecule is COC1CCC2(OC=N[C@H]2S(=O)(=O)c2ccc(C)cc2)c2ccccc21. The fourth-order valence-electron chi connectivity index (χ4n) is 3.97. The molecule has 26 heavy (non-hydrogen) atoms. The summed E-state index contributed by atoms with van der Waals surface area (Å²) < 4.78 is 38.2. The van der Waals surface area contributed by atoms with Gasteiger partial charge in [-0.25, -0.2) is 13.4 Å². The number of nitrogens with zero attached hydrogens (tertiary/aromatic N) is 1. The van der Waals surface area contributed by atoms with Crippen molar-refractivity contribution in [3.63, 3.8) is 0 Å². The van der Waals surface area contributed by atoms with Gasteiger partial charge in [0.25, 0.3) is 0 Å². The molecule has 1 spiro atoms. The van der Waals surface area contributed by atoms with Crippen molar-refractivity contribution in [3.8, 4) is 0 Å². The summed E-state index contributed by atoms with van der Waals surface area (Å²) in [5, 5.41) is -1.00. The summed E-state index contributed by atoms with van der Waals surface area (Å²) in [6.07, 6.45) is 2.43. The molecule has 6 heteroatoms.